The minimum Gasteiger partial charge on any atom is -0.507 e. The average Bonchev–Trinajstić information content (AvgIpc) is 2.51. The van der Waals surface area contributed by atoms with Crippen LogP contribution in [-0.4, -0.2) is 34.9 Å². The number of rotatable bonds is 8. The van der Waals surface area contributed by atoms with Crippen LogP contribution in [0.15, 0.2) is 36.4 Å². The molecule has 0 spiro atoms. The lowest BCUT2D eigenvalue weighted by Crippen LogP contribution is -2.21. The van der Waals surface area contributed by atoms with Gasteiger partial charge in [-0.3, -0.25) is 0 Å². The fraction of sp³-hybridized carbons (Fsp3) is 0.412. The second-order valence-electron chi connectivity index (χ2n) is 5.09. The number of aromatic hydroxyl groups is 1. The second-order valence-corrected chi connectivity index (χ2v) is 6.31. The molecule has 0 radical (unpaired) electrons. The summed E-state index contributed by atoms with van der Waals surface area (Å²) in [6.07, 6.45) is 0.853. The van der Waals surface area contributed by atoms with E-state index < -0.39 is 0 Å². The van der Waals surface area contributed by atoms with Gasteiger partial charge in [-0.1, -0.05) is 36.4 Å². The second kappa shape index (κ2) is 8.27. The Labute approximate surface area is 130 Å². The lowest BCUT2D eigenvalue weighted by molar-refractivity contribution is 0.296. The van der Waals surface area contributed by atoms with Gasteiger partial charge in [0.2, 0.25) is 0 Å². The Morgan fingerprint density at radius 2 is 1.95 bits per heavy atom. The first-order chi connectivity index (χ1) is 10.2. The van der Waals surface area contributed by atoms with Crippen molar-refractivity contribution in [3.05, 3.63) is 42.0 Å². The van der Waals surface area contributed by atoms with Gasteiger partial charge in [0.05, 0.1) is 0 Å². The average molecular weight is 305 g/mol. The number of hydrogen-bond acceptors (Lipinski definition) is 4. The maximum atomic E-state index is 10.4. The van der Waals surface area contributed by atoms with E-state index >= 15 is 0 Å². The summed E-state index contributed by atoms with van der Waals surface area (Å²) in [4.78, 5) is 0. The zero-order valence-electron chi connectivity index (χ0n) is 12.4. The first-order valence-corrected chi connectivity index (χ1v) is 8.52. The van der Waals surface area contributed by atoms with E-state index in [9.17, 15) is 5.11 Å². The Morgan fingerprint density at radius 3 is 2.76 bits per heavy atom. The van der Waals surface area contributed by atoms with Crippen molar-refractivity contribution in [2.75, 3.05) is 24.7 Å². The fourth-order valence-corrected chi connectivity index (χ4v) is 3.15. The zero-order chi connectivity index (χ0) is 15.1. The zero-order valence-corrected chi connectivity index (χ0v) is 13.2. The molecule has 3 N–H and O–H groups in total. The minimum atomic E-state index is 0.119. The third-order valence-corrected chi connectivity index (χ3v) is 4.61. The van der Waals surface area contributed by atoms with Gasteiger partial charge in [-0.2, -0.15) is 11.8 Å². The topological polar surface area (TPSA) is 52.5 Å². The molecular weight excluding hydrogens is 282 g/mol. The molecule has 0 aliphatic rings. The monoisotopic (exact) mass is 305 g/mol. The third-order valence-electron chi connectivity index (χ3n) is 3.54. The van der Waals surface area contributed by atoms with Crippen LogP contribution in [0.4, 0.5) is 0 Å². The predicted octanol–water partition coefficient (Wildman–Crippen LogP) is 3.31. The lowest BCUT2D eigenvalue weighted by atomic mass is 10.0. The number of benzene rings is 2. The van der Waals surface area contributed by atoms with Crippen LogP contribution in [0.3, 0.4) is 0 Å². The number of nitrogens with one attached hydrogen (secondary N) is 1. The highest BCUT2D eigenvalue weighted by atomic mass is 32.2. The molecule has 1 atom stereocenters. The summed E-state index contributed by atoms with van der Waals surface area (Å²) < 4.78 is 0. The van der Waals surface area contributed by atoms with Gasteiger partial charge in [0, 0.05) is 35.9 Å². The molecule has 0 heterocycles. The van der Waals surface area contributed by atoms with E-state index in [2.05, 4.69) is 18.3 Å². The smallest absolute Gasteiger partial charge is 0.128 e. The Morgan fingerprint density at radius 1 is 1.14 bits per heavy atom. The number of phenolic OH excluding ortho intramolecular Hbond substituents is 1. The molecule has 0 aromatic heterocycles. The quantitative estimate of drug-likeness (QED) is 0.655. The third kappa shape index (κ3) is 4.37. The summed E-state index contributed by atoms with van der Waals surface area (Å²) in [5.41, 5.74) is 0.939. The number of hydrogen-bond donors (Lipinski definition) is 3. The molecule has 0 aliphatic heterocycles. The summed E-state index contributed by atoms with van der Waals surface area (Å²) in [5, 5.41) is 24.5. The highest BCUT2D eigenvalue weighted by Crippen LogP contribution is 2.32. The van der Waals surface area contributed by atoms with Crippen molar-refractivity contribution in [3.8, 4) is 5.75 Å². The molecule has 1 unspecified atom stereocenters. The van der Waals surface area contributed by atoms with Crippen molar-refractivity contribution >= 4 is 22.5 Å². The fourth-order valence-electron chi connectivity index (χ4n) is 2.35. The van der Waals surface area contributed by atoms with Crippen molar-refractivity contribution in [3.63, 3.8) is 0 Å². The van der Waals surface area contributed by atoms with Gasteiger partial charge in [0.25, 0.3) is 0 Å². The normalized spacial score (nSPS) is 12.7. The Hall–Kier alpha value is -1.23. The predicted molar refractivity (Wildman–Crippen MR) is 91.1 cm³/mol. The van der Waals surface area contributed by atoms with Crippen LogP contribution in [0, 0.1) is 0 Å². The summed E-state index contributed by atoms with van der Waals surface area (Å²) in [7, 11) is 0. The van der Waals surface area contributed by atoms with Crippen molar-refractivity contribution in [1.29, 1.82) is 0 Å². The number of aliphatic hydroxyl groups excluding tert-OH is 1. The van der Waals surface area contributed by atoms with Crippen LogP contribution in [0.5, 0.6) is 5.75 Å². The van der Waals surface area contributed by atoms with Crippen molar-refractivity contribution < 1.29 is 10.2 Å². The maximum absolute atomic E-state index is 10.4. The Bertz CT molecular complexity index is 574. The van der Waals surface area contributed by atoms with E-state index in [4.69, 9.17) is 5.11 Å². The first kappa shape index (κ1) is 16.1. The van der Waals surface area contributed by atoms with Gasteiger partial charge in [-0.25, -0.2) is 0 Å². The van der Waals surface area contributed by atoms with Gasteiger partial charge >= 0.3 is 0 Å². The first-order valence-electron chi connectivity index (χ1n) is 7.36. The minimum absolute atomic E-state index is 0.119. The molecule has 0 amide bonds. The van der Waals surface area contributed by atoms with Crippen LogP contribution >= 0.6 is 11.8 Å². The van der Waals surface area contributed by atoms with Gasteiger partial charge < -0.3 is 15.5 Å². The molecule has 0 fully saturated rings. The molecule has 2 aromatic rings. The van der Waals surface area contributed by atoms with Crippen LogP contribution in [0.2, 0.25) is 0 Å². The summed E-state index contributed by atoms with van der Waals surface area (Å²) in [6, 6.07) is 12.1. The molecule has 4 heteroatoms. The van der Waals surface area contributed by atoms with E-state index in [1.807, 2.05) is 42.1 Å². The standard InChI is InChI=1S/C17H23NO2S/c1-13(18-9-12-21-11-4-10-19)15-8-7-14-5-2-3-6-16(14)17(15)20/h2-3,5-8,13,18-20H,4,9-12H2,1H3. The molecule has 2 rings (SSSR count). The van der Waals surface area contributed by atoms with Crippen molar-refractivity contribution in [2.24, 2.45) is 0 Å². The molecule has 0 saturated heterocycles. The van der Waals surface area contributed by atoms with Gasteiger partial charge in [-0.05, 0) is 24.5 Å². The number of aliphatic hydroxyl groups is 1. The van der Waals surface area contributed by atoms with Gasteiger partial charge in [0.15, 0.2) is 0 Å². The Balaban J connectivity index is 1.93. The number of phenols is 1. The van der Waals surface area contributed by atoms with E-state index in [0.29, 0.717) is 5.75 Å². The van der Waals surface area contributed by atoms with Crippen molar-refractivity contribution in [1.82, 2.24) is 5.32 Å². The lowest BCUT2D eigenvalue weighted by Gasteiger charge is -2.16. The maximum Gasteiger partial charge on any atom is 0.128 e. The van der Waals surface area contributed by atoms with Gasteiger partial charge in [-0.15, -0.1) is 0 Å². The summed E-state index contributed by atoms with van der Waals surface area (Å²) >= 11 is 1.84. The molecule has 21 heavy (non-hydrogen) atoms. The van der Waals surface area contributed by atoms with E-state index in [1.54, 1.807) is 0 Å². The molecule has 0 saturated carbocycles. The molecule has 0 aliphatic carbocycles. The van der Waals surface area contributed by atoms with Crippen LogP contribution in [0.1, 0.15) is 24.9 Å². The van der Waals surface area contributed by atoms with Gasteiger partial charge in [0.1, 0.15) is 5.75 Å². The largest absolute Gasteiger partial charge is 0.507 e. The highest BCUT2D eigenvalue weighted by molar-refractivity contribution is 7.99. The Kier molecular flexibility index (Phi) is 6.36. The van der Waals surface area contributed by atoms with E-state index in [1.165, 1.54) is 0 Å². The van der Waals surface area contributed by atoms with E-state index in [-0.39, 0.29) is 12.6 Å². The molecular formula is C17H23NO2S. The van der Waals surface area contributed by atoms with Crippen molar-refractivity contribution in [2.45, 2.75) is 19.4 Å². The molecule has 3 nitrogen and oxygen atoms in total. The molecule has 114 valence electrons. The van der Waals surface area contributed by atoms with Crippen LogP contribution in [-0.2, 0) is 0 Å². The SMILES string of the molecule is CC(NCCSCCCO)c1ccc2ccccc2c1O. The van der Waals surface area contributed by atoms with E-state index in [0.717, 1.165) is 40.8 Å². The summed E-state index contributed by atoms with van der Waals surface area (Å²) in [5.74, 6) is 2.38. The highest BCUT2D eigenvalue weighted by Gasteiger charge is 2.12. The summed E-state index contributed by atoms with van der Waals surface area (Å²) in [6.45, 7) is 3.23. The number of fused-ring (bicyclic) bond motifs is 1. The number of thioether (sulfide) groups is 1. The van der Waals surface area contributed by atoms with Crippen LogP contribution in [0.25, 0.3) is 10.8 Å². The van der Waals surface area contributed by atoms with Crippen LogP contribution < -0.4 is 5.32 Å². The molecule has 2 aromatic carbocycles. The molecule has 0 bridgehead atoms.